The smallest absolute Gasteiger partial charge is 0.245 e. The predicted molar refractivity (Wildman–Crippen MR) is 101 cm³/mol. The van der Waals surface area contributed by atoms with E-state index in [9.17, 15) is 4.79 Å². The lowest BCUT2D eigenvalue weighted by Crippen LogP contribution is -2.68. The van der Waals surface area contributed by atoms with Crippen molar-refractivity contribution in [3.05, 3.63) is 71.8 Å². The number of benzene rings is 2. The first kappa shape index (κ1) is 16.8. The maximum absolute atomic E-state index is 13.2. The highest BCUT2D eigenvalue weighted by atomic mass is 79.9. The molecule has 0 radical (unpaired) electrons. The lowest BCUT2D eigenvalue weighted by atomic mass is 9.77. The lowest BCUT2D eigenvalue weighted by molar-refractivity contribution is -0.157. The second-order valence-corrected chi connectivity index (χ2v) is 8.20. The van der Waals surface area contributed by atoms with Crippen LogP contribution < -0.4 is 0 Å². The standard InChI is InChI=1S/C21H22BrNO2/c1-3-17-19(25-17)21(22)18(16-12-8-5-9-13-16)23(20(21)24)14(2)15-10-6-4-7-11-15/h4-14,17-19H,3H2,1-2H3/t14-,17+,18-,19-,21-/m0/s1. The van der Waals surface area contributed by atoms with Crippen LogP contribution in [-0.4, -0.2) is 27.3 Å². The molecule has 0 saturated carbocycles. The molecule has 3 nitrogen and oxygen atoms in total. The third kappa shape index (κ3) is 2.54. The average molecular weight is 400 g/mol. The fourth-order valence-electron chi connectivity index (χ4n) is 4.00. The summed E-state index contributed by atoms with van der Waals surface area (Å²) in [5.74, 6) is 0.124. The van der Waals surface area contributed by atoms with Crippen LogP contribution in [0.25, 0.3) is 0 Å². The molecule has 5 atom stereocenters. The molecule has 0 aromatic heterocycles. The van der Waals surface area contributed by atoms with E-state index in [4.69, 9.17) is 4.74 Å². The molecule has 2 aromatic rings. The quantitative estimate of drug-likeness (QED) is 0.416. The molecule has 0 unspecified atom stereocenters. The van der Waals surface area contributed by atoms with Crippen LogP contribution in [0.15, 0.2) is 60.7 Å². The molecule has 4 rings (SSSR count). The number of epoxide rings is 1. The van der Waals surface area contributed by atoms with Gasteiger partial charge in [0.15, 0.2) is 4.32 Å². The van der Waals surface area contributed by atoms with Gasteiger partial charge in [0.2, 0.25) is 5.91 Å². The molecule has 130 valence electrons. The van der Waals surface area contributed by atoms with Crippen molar-refractivity contribution in [1.29, 1.82) is 0 Å². The van der Waals surface area contributed by atoms with Crippen molar-refractivity contribution in [2.24, 2.45) is 0 Å². The second-order valence-electron chi connectivity index (χ2n) is 6.88. The Kier molecular flexibility index (Phi) is 4.20. The minimum atomic E-state index is -0.655. The van der Waals surface area contributed by atoms with Crippen LogP contribution >= 0.6 is 15.9 Å². The van der Waals surface area contributed by atoms with Crippen LogP contribution in [0.1, 0.15) is 43.5 Å². The lowest BCUT2D eigenvalue weighted by Gasteiger charge is -2.55. The number of β-lactam (4-membered cyclic amide) rings is 1. The van der Waals surface area contributed by atoms with Gasteiger partial charge in [-0.2, -0.15) is 0 Å². The van der Waals surface area contributed by atoms with E-state index >= 15 is 0 Å². The number of alkyl halides is 1. The maximum Gasteiger partial charge on any atom is 0.245 e. The zero-order valence-electron chi connectivity index (χ0n) is 14.4. The molecule has 2 heterocycles. The van der Waals surface area contributed by atoms with Crippen molar-refractivity contribution in [3.8, 4) is 0 Å². The second kappa shape index (κ2) is 6.26. The average Bonchev–Trinajstić information content (AvgIpc) is 3.46. The van der Waals surface area contributed by atoms with Crippen molar-refractivity contribution in [2.45, 2.75) is 48.9 Å². The molecule has 1 amide bonds. The molecule has 2 aliphatic heterocycles. The van der Waals surface area contributed by atoms with Gasteiger partial charge >= 0.3 is 0 Å². The Bertz CT molecular complexity index is 766. The van der Waals surface area contributed by atoms with Crippen molar-refractivity contribution in [2.75, 3.05) is 0 Å². The van der Waals surface area contributed by atoms with E-state index in [0.717, 1.165) is 17.5 Å². The molecule has 0 spiro atoms. The molecule has 0 aliphatic carbocycles. The summed E-state index contributed by atoms with van der Waals surface area (Å²) in [6, 6.07) is 20.5. The Hall–Kier alpha value is -1.65. The van der Waals surface area contributed by atoms with Gasteiger partial charge in [0.1, 0.15) is 6.10 Å². The molecular weight excluding hydrogens is 378 g/mol. The summed E-state index contributed by atoms with van der Waals surface area (Å²) in [5.41, 5.74) is 2.29. The number of hydrogen-bond acceptors (Lipinski definition) is 2. The number of hydrogen-bond donors (Lipinski definition) is 0. The number of rotatable bonds is 5. The Morgan fingerprint density at radius 1 is 1.12 bits per heavy atom. The summed E-state index contributed by atoms with van der Waals surface area (Å²) in [4.78, 5) is 15.2. The first-order valence-corrected chi connectivity index (χ1v) is 9.65. The highest BCUT2D eigenvalue weighted by Gasteiger charge is 2.71. The number of carbonyl (C=O) groups is 1. The van der Waals surface area contributed by atoms with Crippen LogP contribution in [0.2, 0.25) is 0 Å². The molecule has 4 heteroatoms. The van der Waals surface area contributed by atoms with E-state index < -0.39 is 4.32 Å². The molecule has 0 bridgehead atoms. The Morgan fingerprint density at radius 3 is 2.28 bits per heavy atom. The van der Waals surface area contributed by atoms with Crippen LogP contribution in [0.3, 0.4) is 0 Å². The zero-order valence-corrected chi connectivity index (χ0v) is 16.0. The molecule has 2 saturated heterocycles. The van der Waals surface area contributed by atoms with Crippen LogP contribution in [0, 0.1) is 0 Å². The van der Waals surface area contributed by atoms with E-state index in [0.29, 0.717) is 0 Å². The normalized spacial score (nSPS) is 32.2. The van der Waals surface area contributed by atoms with E-state index in [2.05, 4.69) is 54.0 Å². The highest BCUT2D eigenvalue weighted by molar-refractivity contribution is 9.10. The number of nitrogens with zero attached hydrogens (tertiary/aromatic N) is 1. The predicted octanol–water partition coefficient (Wildman–Crippen LogP) is 4.64. The van der Waals surface area contributed by atoms with Gasteiger partial charge < -0.3 is 9.64 Å². The van der Waals surface area contributed by atoms with Crippen molar-refractivity contribution in [1.82, 2.24) is 4.90 Å². The Labute approximate surface area is 157 Å². The number of likely N-dealkylation sites (tertiary alicyclic amines) is 1. The largest absolute Gasteiger partial charge is 0.367 e. The fraction of sp³-hybridized carbons (Fsp3) is 0.381. The van der Waals surface area contributed by atoms with Crippen LogP contribution in [0.5, 0.6) is 0 Å². The van der Waals surface area contributed by atoms with Gasteiger partial charge in [0.25, 0.3) is 0 Å². The third-order valence-electron chi connectivity index (χ3n) is 5.45. The minimum Gasteiger partial charge on any atom is -0.367 e. The summed E-state index contributed by atoms with van der Waals surface area (Å²) < 4.78 is 5.18. The van der Waals surface area contributed by atoms with Gasteiger partial charge in [-0.15, -0.1) is 0 Å². The topological polar surface area (TPSA) is 32.8 Å². The Morgan fingerprint density at radius 2 is 1.72 bits per heavy atom. The van der Waals surface area contributed by atoms with Crippen LogP contribution in [-0.2, 0) is 9.53 Å². The summed E-state index contributed by atoms with van der Waals surface area (Å²) in [5, 5.41) is 0. The molecule has 2 aliphatic rings. The molecule has 2 fully saturated rings. The summed E-state index contributed by atoms with van der Waals surface area (Å²) in [7, 11) is 0. The molecule has 2 aromatic carbocycles. The number of halogens is 1. The first-order chi connectivity index (χ1) is 12.1. The fourth-order valence-corrected chi connectivity index (χ4v) is 5.09. The van der Waals surface area contributed by atoms with Crippen LogP contribution in [0.4, 0.5) is 0 Å². The zero-order chi connectivity index (χ0) is 17.6. The molecular formula is C21H22BrNO2. The van der Waals surface area contributed by atoms with Crippen molar-refractivity contribution >= 4 is 21.8 Å². The van der Waals surface area contributed by atoms with E-state index in [1.54, 1.807) is 0 Å². The first-order valence-electron chi connectivity index (χ1n) is 8.86. The van der Waals surface area contributed by atoms with Gasteiger partial charge in [-0.05, 0) is 24.5 Å². The third-order valence-corrected chi connectivity index (χ3v) is 6.68. The van der Waals surface area contributed by atoms with Gasteiger partial charge in [-0.1, -0.05) is 83.5 Å². The number of ether oxygens (including phenoxy) is 1. The summed E-state index contributed by atoms with van der Waals surface area (Å²) in [6.45, 7) is 4.20. The van der Waals surface area contributed by atoms with E-state index in [-0.39, 0.29) is 30.2 Å². The van der Waals surface area contributed by atoms with Gasteiger partial charge in [-0.25, -0.2) is 0 Å². The summed E-state index contributed by atoms with van der Waals surface area (Å²) in [6.07, 6.45) is 1.05. The number of carbonyl (C=O) groups excluding carboxylic acids is 1. The highest BCUT2D eigenvalue weighted by Crippen LogP contribution is 2.59. The van der Waals surface area contributed by atoms with Crippen molar-refractivity contribution < 1.29 is 9.53 Å². The molecule has 0 N–H and O–H groups in total. The minimum absolute atomic E-state index is 0.0170. The van der Waals surface area contributed by atoms with E-state index in [1.165, 1.54) is 0 Å². The number of amides is 1. The van der Waals surface area contributed by atoms with Gasteiger partial charge in [0, 0.05) is 0 Å². The Balaban J connectivity index is 1.71. The SMILES string of the molecule is CC[C@H]1O[C@@H]1[C@]1(Br)C(=O)N([C@@H](C)c2ccccc2)[C@H]1c1ccccc1. The summed E-state index contributed by atoms with van der Waals surface area (Å²) >= 11 is 3.81. The monoisotopic (exact) mass is 399 g/mol. The van der Waals surface area contributed by atoms with Crippen molar-refractivity contribution in [3.63, 3.8) is 0 Å². The van der Waals surface area contributed by atoms with Gasteiger partial charge in [0.05, 0.1) is 18.2 Å². The molecule has 25 heavy (non-hydrogen) atoms. The van der Waals surface area contributed by atoms with Gasteiger partial charge in [-0.3, -0.25) is 4.79 Å². The maximum atomic E-state index is 13.2. The van der Waals surface area contributed by atoms with E-state index in [1.807, 2.05) is 41.3 Å².